The first-order chi connectivity index (χ1) is 12.0. The first kappa shape index (κ1) is 17.1. The van der Waals surface area contributed by atoms with Crippen LogP contribution in [-0.2, 0) is 4.79 Å². The number of carboxylic acid groups (broad SMARTS) is 1. The molecule has 0 saturated heterocycles. The number of carbonyl (C=O) groups excluding carboxylic acids is 1. The monoisotopic (exact) mass is 355 g/mol. The fraction of sp³-hybridized carbons (Fsp3) is 0.111. The van der Waals surface area contributed by atoms with Crippen molar-refractivity contribution in [2.75, 3.05) is 10.7 Å². The Hall–Kier alpha value is -2.77. The molecular weight excluding hydrogens is 338 g/mol. The van der Waals surface area contributed by atoms with E-state index < -0.39 is 18.0 Å². The predicted octanol–water partition coefficient (Wildman–Crippen LogP) is 2.89. The minimum atomic E-state index is -1.04. The molecule has 1 atom stereocenters. The lowest BCUT2D eigenvalue weighted by atomic mass is 10.1. The molecular formula is C18H17N3O3S. The lowest BCUT2D eigenvalue weighted by Gasteiger charge is -2.23. The van der Waals surface area contributed by atoms with Gasteiger partial charge in [-0.15, -0.1) is 11.8 Å². The molecule has 0 radical (unpaired) electrons. The van der Waals surface area contributed by atoms with Crippen molar-refractivity contribution in [3.63, 3.8) is 0 Å². The number of fused-ring (bicyclic) bond motifs is 2. The molecule has 0 fully saturated rings. The topological polar surface area (TPSA) is 110 Å². The minimum absolute atomic E-state index is 0.233. The Labute approximate surface area is 149 Å². The number of aliphatic carboxylic acids is 1. The van der Waals surface area contributed by atoms with Crippen LogP contribution in [0.5, 0.6) is 0 Å². The van der Waals surface area contributed by atoms with Crippen molar-refractivity contribution >= 4 is 47.3 Å². The Morgan fingerprint density at radius 2 is 1.76 bits per heavy atom. The number of amides is 2. The molecule has 2 aromatic carbocycles. The van der Waals surface area contributed by atoms with Crippen LogP contribution in [-0.4, -0.2) is 28.9 Å². The van der Waals surface area contributed by atoms with E-state index in [1.54, 1.807) is 0 Å². The number of rotatable bonds is 4. The van der Waals surface area contributed by atoms with E-state index in [0.717, 1.165) is 16.0 Å². The minimum Gasteiger partial charge on any atom is -0.480 e. The number of urea groups is 1. The van der Waals surface area contributed by atoms with Gasteiger partial charge in [-0.3, -0.25) is 9.69 Å². The van der Waals surface area contributed by atoms with E-state index in [0.29, 0.717) is 11.4 Å². The van der Waals surface area contributed by atoms with E-state index in [9.17, 15) is 9.59 Å². The molecule has 0 spiro atoms. The number of carboxylic acids is 1. The molecule has 0 aliphatic carbocycles. The summed E-state index contributed by atoms with van der Waals surface area (Å²) in [5.74, 6) is -0.810. The van der Waals surface area contributed by atoms with Gasteiger partial charge in [0.15, 0.2) is 0 Å². The second-order valence-electron chi connectivity index (χ2n) is 5.54. The van der Waals surface area contributed by atoms with Gasteiger partial charge in [0, 0.05) is 10.6 Å². The lowest BCUT2D eigenvalue weighted by Crippen LogP contribution is -2.32. The van der Waals surface area contributed by atoms with Crippen LogP contribution in [0.1, 0.15) is 11.1 Å². The van der Waals surface area contributed by atoms with Crippen LogP contribution < -0.4 is 16.4 Å². The summed E-state index contributed by atoms with van der Waals surface area (Å²) in [6, 6.07) is 11.5. The maximum Gasteiger partial charge on any atom is 0.323 e. The van der Waals surface area contributed by atoms with E-state index in [1.807, 2.05) is 54.6 Å². The zero-order chi connectivity index (χ0) is 18.0. The molecule has 0 bridgehead atoms. The number of anilines is 2. The SMILES string of the molecule is NC(=O)N1c2ccccc2C=Cc2ccc(SCC(N)C(=O)O)cc21. The zero-order valence-electron chi connectivity index (χ0n) is 13.3. The highest BCUT2D eigenvalue weighted by Gasteiger charge is 2.22. The van der Waals surface area contributed by atoms with Crippen molar-refractivity contribution < 1.29 is 14.7 Å². The predicted molar refractivity (Wildman–Crippen MR) is 99.9 cm³/mol. The Morgan fingerprint density at radius 1 is 1.08 bits per heavy atom. The number of nitrogens with two attached hydrogens (primary N) is 2. The maximum absolute atomic E-state index is 12.1. The summed E-state index contributed by atoms with van der Waals surface area (Å²) in [6.07, 6.45) is 3.86. The Balaban J connectivity index is 2.00. The first-order valence-corrected chi connectivity index (χ1v) is 8.58. The summed E-state index contributed by atoms with van der Waals surface area (Å²) < 4.78 is 0. The van der Waals surface area contributed by atoms with Crippen LogP contribution in [0.4, 0.5) is 16.2 Å². The van der Waals surface area contributed by atoms with Crippen molar-refractivity contribution in [1.29, 1.82) is 0 Å². The van der Waals surface area contributed by atoms with Gasteiger partial charge in [-0.1, -0.05) is 36.4 Å². The number of benzene rings is 2. The molecule has 128 valence electrons. The Morgan fingerprint density at radius 3 is 2.44 bits per heavy atom. The molecule has 5 N–H and O–H groups in total. The van der Waals surface area contributed by atoms with E-state index >= 15 is 0 Å². The van der Waals surface area contributed by atoms with Crippen molar-refractivity contribution in [2.24, 2.45) is 11.5 Å². The summed E-state index contributed by atoms with van der Waals surface area (Å²) in [5.41, 5.74) is 14.3. The van der Waals surface area contributed by atoms with Crippen LogP contribution in [0.2, 0.25) is 0 Å². The van der Waals surface area contributed by atoms with Crippen LogP contribution in [0.15, 0.2) is 47.4 Å². The van der Waals surface area contributed by atoms with Gasteiger partial charge in [-0.25, -0.2) is 4.79 Å². The molecule has 2 aromatic rings. The average molecular weight is 355 g/mol. The van der Waals surface area contributed by atoms with Crippen LogP contribution >= 0.6 is 11.8 Å². The summed E-state index contributed by atoms with van der Waals surface area (Å²) in [5, 5.41) is 8.90. The van der Waals surface area contributed by atoms with Crippen molar-refractivity contribution in [1.82, 2.24) is 0 Å². The standard InChI is InChI=1S/C18H17N3O3S/c19-14(17(22)23)10-25-13-8-7-12-6-5-11-3-1-2-4-15(11)21(18(20)24)16(12)9-13/h1-9,14H,10,19H2,(H2,20,24)(H,22,23). The van der Waals surface area contributed by atoms with Gasteiger partial charge in [-0.2, -0.15) is 0 Å². The van der Waals surface area contributed by atoms with Gasteiger partial charge in [0.1, 0.15) is 6.04 Å². The quantitative estimate of drug-likeness (QED) is 0.731. The number of primary amides is 1. The van der Waals surface area contributed by atoms with Crippen LogP contribution in [0.25, 0.3) is 12.2 Å². The number of hydrogen-bond donors (Lipinski definition) is 3. The van der Waals surface area contributed by atoms with Crippen LogP contribution in [0, 0.1) is 0 Å². The van der Waals surface area contributed by atoms with Crippen LogP contribution in [0.3, 0.4) is 0 Å². The fourth-order valence-electron chi connectivity index (χ4n) is 2.58. The number of nitrogens with zero attached hydrogens (tertiary/aromatic N) is 1. The summed E-state index contributed by atoms with van der Waals surface area (Å²) in [7, 11) is 0. The molecule has 2 amide bonds. The van der Waals surface area contributed by atoms with Crippen molar-refractivity contribution in [3.8, 4) is 0 Å². The third kappa shape index (κ3) is 3.52. The highest BCUT2D eigenvalue weighted by Crippen LogP contribution is 2.38. The molecule has 0 aromatic heterocycles. The number of carbonyl (C=O) groups is 2. The van der Waals surface area contributed by atoms with Gasteiger partial charge in [0.05, 0.1) is 11.4 Å². The summed E-state index contributed by atoms with van der Waals surface area (Å²) >= 11 is 1.32. The number of hydrogen-bond acceptors (Lipinski definition) is 4. The molecule has 3 rings (SSSR count). The van der Waals surface area contributed by atoms with Gasteiger partial charge < -0.3 is 16.6 Å². The van der Waals surface area contributed by atoms with E-state index in [2.05, 4.69) is 0 Å². The number of thioether (sulfide) groups is 1. The van der Waals surface area contributed by atoms with E-state index in [1.165, 1.54) is 16.7 Å². The highest BCUT2D eigenvalue weighted by atomic mass is 32.2. The van der Waals surface area contributed by atoms with Gasteiger partial charge in [0.2, 0.25) is 0 Å². The summed E-state index contributed by atoms with van der Waals surface area (Å²) in [6.45, 7) is 0. The van der Waals surface area contributed by atoms with Crippen molar-refractivity contribution in [2.45, 2.75) is 10.9 Å². The molecule has 0 saturated carbocycles. The normalized spacial score (nSPS) is 13.6. The molecule has 1 aliphatic heterocycles. The highest BCUT2D eigenvalue weighted by molar-refractivity contribution is 7.99. The average Bonchev–Trinajstić information content (AvgIpc) is 2.75. The lowest BCUT2D eigenvalue weighted by molar-refractivity contribution is -0.137. The van der Waals surface area contributed by atoms with E-state index in [4.69, 9.17) is 16.6 Å². The molecule has 25 heavy (non-hydrogen) atoms. The largest absolute Gasteiger partial charge is 0.480 e. The molecule has 1 unspecified atom stereocenters. The van der Waals surface area contributed by atoms with Gasteiger partial charge in [-0.05, 0) is 29.3 Å². The molecule has 1 heterocycles. The third-order valence-corrected chi connectivity index (χ3v) is 4.94. The Kier molecular flexibility index (Phi) is 4.78. The second-order valence-corrected chi connectivity index (χ2v) is 6.64. The smallest absolute Gasteiger partial charge is 0.323 e. The maximum atomic E-state index is 12.1. The summed E-state index contributed by atoms with van der Waals surface area (Å²) in [4.78, 5) is 25.3. The number of para-hydroxylation sites is 1. The fourth-order valence-corrected chi connectivity index (χ4v) is 3.46. The van der Waals surface area contributed by atoms with E-state index in [-0.39, 0.29) is 5.75 Å². The molecule has 7 heteroatoms. The molecule has 1 aliphatic rings. The van der Waals surface area contributed by atoms with Crippen molar-refractivity contribution in [3.05, 3.63) is 53.6 Å². The second kappa shape index (κ2) is 7.00. The first-order valence-electron chi connectivity index (χ1n) is 7.59. The molecule has 6 nitrogen and oxygen atoms in total. The van der Waals surface area contributed by atoms with Gasteiger partial charge >= 0.3 is 12.0 Å². The van der Waals surface area contributed by atoms with Gasteiger partial charge in [0.25, 0.3) is 0 Å². The third-order valence-electron chi connectivity index (χ3n) is 3.83. The Bertz CT molecular complexity index is 866. The zero-order valence-corrected chi connectivity index (χ0v) is 14.1.